The molecule has 0 unspecified atom stereocenters. The summed E-state index contributed by atoms with van der Waals surface area (Å²) in [5.74, 6) is 1.80. The molecular weight excluding hydrogens is 284 g/mol. The summed E-state index contributed by atoms with van der Waals surface area (Å²) >= 11 is 0. The van der Waals surface area contributed by atoms with Gasteiger partial charge in [0.05, 0.1) is 18.5 Å². The molecular formula is C16H18N2O4. The van der Waals surface area contributed by atoms with E-state index in [4.69, 9.17) is 20.3 Å². The van der Waals surface area contributed by atoms with Crippen molar-refractivity contribution in [2.75, 3.05) is 24.8 Å². The van der Waals surface area contributed by atoms with E-state index in [0.29, 0.717) is 22.9 Å². The van der Waals surface area contributed by atoms with Crippen LogP contribution in [0, 0.1) is 6.92 Å². The number of methoxy groups -OCH3 is 1. The predicted molar refractivity (Wildman–Crippen MR) is 85.1 cm³/mol. The van der Waals surface area contributed by atoms with Gasteiger partial charge in [-0.3, -0.25) is 4.90 Å². The van der Waals surface area contributed by atoms with Crippen molar-refractivity contribution in [1.29, 1.82) is 0 Å². The molecule has 0 saturated heterocycles. The fourth-order valence-corrected chi connectivity index (χ4v) is 1.98. The molecule has 116 valence electrons. The maximum Gasteiger partial charge on any atom is 0.411 e. The van der Waals surface area contributed by atoms with Crippen molar-refractivity contribution < 1.29 is 19.4 Å². The van der Waals surface area contributed by atoms with Gasteiger partial charge in [0.1, 0.15) is 17.2 Å². The predicted octanol–water partition coefficient (Wildman–Crippen LogP) is 3.49. The minimum Gasteiger partial charge on any atom is -0.496 e. The molecule has 0 heterocycles. The number of nitrogens with zero attached hydrogens (tertiary/aromatic N) is 1. The number of ether oxygens (including phenoxy) is 2. The number of rotatable bonds is 4. The highest BCUT2D eigenvalue weighted by Crippen LogP contribution is 2.32. The Morgan fingerprint density at radius 2 is 1.82 bits per heavy atom. The second kappa shape index (κ2) is 6.26. The van der Waals surface area contributed by atoms with Crippen molar-refractivity contribution in [2.24, 2.45) is 0 Å². The highest BCUT2D eigenvalue weighted by atomic mass is 16.5. The summed E-state index contributed by atoms with van der Waals surface area (Å²) in [7, 11) is 3.02. The van der Waals surface area contributed by atoms with E-state index in [-0.39, 0.29) is 0 Å². The minimum absolute atomic E-state index is 0.360. The first-order chi connectivity index (χ1) is 10.4. The SMILES string of the molecule is COc1cc(Oc2ccc(N)c(N(C)C(=O)O)c2)ccc1C. The lowest BCUT2D eigenvalue weighted by Crippen LogP contribution is -2.24. The van der Waals surface area contributed by atoms with Crippen LogP contribution in [0.15, 0.2) is 36.4 Å². The van der Waals surface area contributed by atoms with Gasteiger partial charge in [0.25, 0.3) is 0 Å². The Morgan fingerprint density at radius 1 is 1.18 bits per heavy atom. The number of nitrogens with two attached hydrogens (primary N) is 1. The largest absolute Gasteiger partial charge is 0.496 e. The van der Waals surface area contributed by atoms with Crippen LogP contribution in [0.3, 0.4) is 0 Å². The Labute approximate surface area is 128 Å². The Morgan fingerprint density at radius 3 is 2.45 bits per heavy atom. The van der Waals surface area contributed by atoms with E-state index in [1.54, 1.807) is 31.4 Å². The number of carboxylic acid groups (broad SMARTS) is 1. The summed E-state index contributed by atoms with van der Waals surface area (Å²) in [5, 5.41) is 9.05. The summed E-state index contributed by atoms with van der Waals surface area (Å²) < 4.78 is 11.0. The van der Waals surface area contributed by atoms with Gasteiger partial charge in [-0.25, -0.2) is 4.79 Å². The van der Waals surface area contributed by atoms with Gasteiger partial charge >= 0.3 is 6.09 Å². The van der Waals surface area contributed by atoms with Crippen molar-refractivity contribution in [3.8, 4) is 17.2 Å². The maximum absolute atomic E-state index is 11.1. The smallest absolute Gasteiger partial charge is 0.411 e. The molecule has 0 saturated carbocycles. The summed E-state index contributed by atoms with van der Waals surface area (Å²) in [6.45, 7) is 1.94. The van der Waals surface area contributed by atoms with Crippen LogP contribution in [0.1, 0.15) is 5.56 Å². The second-order valence-corrected chi connectivity index (χ2v) is 4.80. The van der Waals surface area contributed by atoms with Crippen LogP contribution >= 0.6 is 0 Å². The first-order valence-electron chi connectivity index (χ1n) is 6.61. The van der Waals surface area contributed by atoms with E-state index in [1.807, 2.05) is 19.1 Å². The number of carbonyl (C=O) groups is 1. The highest BCUT2D eigenvalue weighted by Gasteiger charge is 2.13. The van der Waals surface area contributed by atoms with E-state index in [0.717, 1.165) is 16.2 Å². The standard InChI is InChI=1S/C16H18N2O4/c1-10-4-5-12(9-15(10)21-3)22-11-6-7-13(17)14(8-11)18(2)16(19)20/h4-9H,17H2,1-3H3,(H,19,20). The fraction of sp³-hybridized carbons (Fsp3) is 0.188. The van der Waals surface area contributed by atoms with E-state index in [2.05, 4.69) is 0 Å². The van der Waals surface area contributed by atoms with Gasteiger partial charge in [0.2, 0.25) is 0 Å². The van der Waals surface area contributed by atoms with Crippen molar-refractivity contribution in [3.05, 3.63) is 42.0 Å². The number of amides is 1. The first kappa shape index (κ1) is 15.5. The molecule has 3 N–H and O–H groups in total. The van der Waals surface area contributed by atoms with Crippen molar-refractivity contribution in [2.45, 2.75) is 6.92 Å². The molecule has 2 aromatic rings. The average Bonchev–Trinajstić information content (AvgIpc) is 2.50. The van der Waals surface area contributed by atoms with Gasteiger partial charge in [0, 0.05) is 19.2 Å². The van der Waals surface area contributed by atoms with Crippen LogP contribution in [0.5, 0.6) is 17.2 Å². The zero-order valence-corrected chi connectivity index (χ0v) is 12.7. The summed E-state index contributed by atoms with van der Waals surface area (Å²) in [5.41, 5.74) is 7.53. The molecule has 0 atom stereocenters. The molecule has 0 fully saturated rings. The normalized spacial score (nSPS) is 10.1. The van der Waals surface area contributed by atoms with E-state index >= 15 is 0 Å². The lowest BCUT2D eigenvalue weighted by molar-refractivity contribution is 0.203. The Balaban J connectivity index is 2.30. The molecule has 6 heteroatoms. The molecule has 0 aliphatic carbocycles. The summed E-state index contributed by atoms with van der Waals surface area (Å²) in [6.07, 6.45) is -1.10. The van der Waals surface area contributed by atoms with Crippen LogP contribution in [0.25, 0.3) is 0 Å². The molecule has 0 radical (unpaired) electrons. The second-order valence-electron chi connectivity index (χ2n) is 4.80. The number of nitrogen functional groups attached to an aromatic ring is 1. The van der Waals surface area contributed by atoms with E-state index in [9.17, 15) is 4.79 Å². The lowest BCUT2D eigenvalue weighted by atomic mass is 10.2. The minimum atomic E-state index is -1.10. The average molecular weight is 302 g/mol. The van der Waals surface area contributed by atoms with E-state index < -0.39 is 6.09 Å². The molecule has 1 amide bonds. The van der Waals surface area contributed by atoms with Crippen LogP contribution in [-0.4, -0.2) is 25.4 Å². The van der Waals surface area contributed by atoms with Crippen LogP contribution in [0.4, 0.5) is 16.2 Å². The highest BCUT2D eigenvalue weighted by molar-refractivity contribution is 5.90. The van der Waals surface area contributed by atoms with Gasteiger partial charge in [-0.2, -0.15) is 0 Å². The molecule has 0 spiro atoms. The number of hydrogen-bond donors (Lipinski definition) is 2. The Bertz CT molecular complexity index is 701. The quantitative estimate of drug-likeness (QED) is 0.844. The molecule has 0 aliphatic heterocycles. The topological polar surface area (TPSA) is 85.0 Å². The van der Waals surface area contributed by atoms with Crippen LogP contribution in [-0.2, 0) is 0 Å². The van der Waals surface area contributed by atoms with Crippen LogP contribution in [0.2, 0.25) is 0 Å². The zero-order chi connectivity index (χ0) is 16.3. The zero-order valence-electron chi connectivity index (χ0n) is 12.7. The summed E-state index contributed by atoms with van der Waals surface area (Å²) in [4.78, 5) is 12.1. The van der Waals surface area contributed by atoms with E-state index in [1.165, 1.54) is 7.05 Å². The first-order valence-corrected chi connectivity index (χ1v) is 6.61. The number of anilines is 2. The van der Waals surface area contributed by atoms with Crippen LogP contribution < -0.4 is 20.1 Å². The molecule has 2 aromatic carbocycles. The molecule has 0 bridgehead atoms. The molecule has 0 aliphatic rings. The van der Waals surface area contributed by atoms with Gasteiger partial charge in [-0.1, -0.05) is 6.07 Å². The Kier molecular flexibility index (Phi) is 4.41. The van der Waals surface area contributed by atoms with Gasteiger partial charge in [-0.15, -0.1) is 0 Å². The third kappa shape index (κ3) is 3.22. The molecule has 0 aromatic heterocycles. The number of aryl methyl sites for hydroxylation is 1. The van der Waals surface area contributed by atoms with Crippen molar-refractivity contribution >= 4 is 17.5 Å². The third-order valence-corrected chi connectivity index (χ3v) is 3.27. The van der Waals surface area contributed by atoms with Gasteiger partial charge in [0.15, 0.2) is 0 Å². The molecule has 22 heavy (non-hydrogen) atoms. The third-order valence-electron chi connectivity index (χ3n) is 3.27. The fourth-order valence-electron chi connectivity index (χ4n) is 1.98. The molecule has 6 nitrogen and oxygen atoms in total. The maximum atomic E-state index is 11.1. The van der Waals surface area contributed by atoms with Gasteiger partial charge < -0.3 is 20.3 Å². The lowest BCUT2D eigenvalue weighted by Gasteiger charge is -2.17. The van der Waals surface area contributed by atoms with Crippen molar-refractivity contribution in [3.63, 3.8) is 0 Å². The Hall–Kier alpha value is -2.89. The molecule has 2 rings (SSSR count). The number of hydrogen-bond acceptors (Lipinski definition) is 4. The number of benzene rings is 2. The van der Waals surface area contributed by atoms with Gasteiger partial charge in [-0.05, 0) is 30.7 Å². The van der Waals surface area contributed by atoms with Crippen molar-refractivity contribution in [1.82, 2.24) is 0 Å². The monoisotopic (exact) mass is 302 g/mol. The summed E-state index contributed by atoms with van der Waals surface area (Å²) in [6, 6.07) is 10.3.